The number of rotatable bonds is 7. The molecule has 1 saturated carbocycles. The van der Waals surface area contributed by atoms with Crippen LogP contribution in [0.4, 0.5) is 13.2 Å². The number of carbonyl (C=O) groups is 2. The van der Waals surface area contributed by atoms with Gasteiger partial charge in [0.15, 0.2) is 0 Å². The number of nitrogens with two attached hydrogens (primary N) is 1. The number of carboxylic acids is 1. The number of aliphatic carboxylic acids is 1. The van der Waals surface area contributed by atoms with Gasteiger partial charge in [0.25, 0.3) is 0 Å². The molecule has 0 spiro atoms. The molecule has 0 unspecified atom stereocenters. The Morgan fingerprint density at radius 2 is 1.69 bits per heavy atom. The zero-order valence-corrected chi connectivity index (χ0v) is 20.2. The maximum Gasteiger partial charge on any atom is 0.490 e. The second-order valence-corrected chi connectivity index (χ2v) is 9.41. The fourth-order valence-electron chi connectivity index (χ4n) is 3.98. The van der Waals surface area contributed by atoms with Crippen molar-refractivity contribution in [2.45, 2.75) is 58.7 Å². The lowest BCUT2D eigenvalue weighted by Gasteiger charge is -2.34. The van der Waals surface area contributed by atoms with Crippen molar-refractivity contribution in [1.82, 2.24) is 5.32 Å². The van der Waals surface area contributed by atoms with Crippen LogP contribution in [0.25, 0.3) is 11.1 Å². The summed E-state index contributed by atoms with van der Waals surface area (Å²) in [6, 6.07) is 14.3. The number of ether oxygens (including phenoxy) is 1. The van der Waals surface area contributed by atoms with Crippen molar-refractivity contribution in [2.24, 2.45) is 11.1 Å². The van der Waals surface area contributed by atoms with Crippen molar-refractivity contribution in [3.63, 3.8) is 0 Å². The number of primary amides is 1. The number of carboxylic acid groups (broad SMARTS) is 1. The molecule has 1 amide bonds. The summed E-state index contributed by atoms with van der Waals surface area (Å²) in [5.41, 5.74) is 9.50. The molecule has 2 aromatic carbocycles. The lowest BCUT2D eigenvalue weighted by molar-refractivity contribution is -0.192. The molecular formula is C26H33F3N2O4. The smallest absolute Gasteiger partial charge is 0.490 e. The van der Waals surface area contributed by atoms with Gasteiger partial charge in [0.2, 0.25) is 5.91 Å². The molecular weight excluding hydrogens is 461 g/mol. The Hall–Kier alpha value is -3.07. The van der Waals surface area contributed by atoms with Gasteiger partial charge in [-0.05, 0) is 72.9 Å². The summed E-state index contributed by atoms with van der Waals surface area (Å²) in [7, 11) is 0. The number of amides is 1. The quantitative estimate of drug-likeness (QED) is 0.452. The summed E-state index contributed by atoms with van der Waals surface area (Å²) in [5, 5.41) is 10.7. The molecule has 0 atom stereocenters. The molecule has 1 fully saturated rings. The van der Waals surface area contributed by atoms with Crippen LogP contribution in [0.2, 0.25) is 0 Å². The number of benzene rings is 2. The summed E-state index contributed by atoms with van der Waals surface area (Å²) in [6.07, 6.45) is 0.0174. The summed E-state index contributed by atoms with van der Waals surface area (Å²) in [6.45, 7) is 8.18. The van der Waals surface area contributed by atoms with Crippen molar-refractivity contribution < 1.29 is 32.6 Å². The Bertz CT molecular complexity index is 995. The van der Waals surface area contributed by atoms with E-state index in [4.69, 9.17) is 20.4 Å². The average Bonchev–Trinajstić information content (AvgIpc) is 2.78. The standard InChI is InChI=1S/C24H32N2O2.C2HF3O2/c1-17-21(5-4-6-22(17)23(25)27)18-7-9-20(10-8-18)28-16-15-26-19-11-13-24(2,3)14-12-19;3-2(4,5)1(6)7/h4-10,19,26H,11-16H2,1-3H3,(H2,25,27);(H,6,7). The first kappa shape index (κ1) is 28.2. The number of hydrogen-bond donors (Lipinski definition) is 3. The van der Waals surface area contributed by atoms with Crippen molar-refractivity contribution >= 4 is 11.9 Å². The Morgan fingerprint density at radius 1 is 1.11 bits per heavy atom. The molecule has 0 aromatic heterocycles. The predicted molar refractivity (Wildman–Crippen MR) is 128 cm³/mol. The van der Waals surface area contributed by atoms with Crippen LogP contribution in [0, 0.1) is 12.3 Å². The van der Waals surface area contributed by atoms with E-state index in [2.05, 4.69) is 19.2 Å². The van der Waals surface area contributed by atoms with Gasteiger partial charge in [-0.2, -0.15) is 13.2 Å². The number of halogens is 3. The molecule has 3 rings (SSSR count). The zero-order valence-electron chi connectivity index (χ0n) is 20.2. The number of carbonyl (C=O) groups excluding carboxylic acids is 1. The first-order valence-corrected chi connectivity index (χ1v) is 11.5. The molecule has 0 aliphatic heterocycles. The minimum atomic E-state index is -5.08. The van der Waals surface area contributed by atoms with Gasteiger partial charge in [-0.1, -0.05) is 38.1 Å². The molecule has 0 radical (unpaired) electrons. The van der Waals surface area contributed by atoms with E-state index in [1.165, 1.54) is 25.7 Å². The monoisotopic (exact) mass is 494 g/mol. The molecule has 1 aliphatic rings. The lowest BCUT2D eigenvalue weighted by Crippen LogP contribution is -2.37. The predicted octanol–water partition coefficient (Wildman–Crippen LogP) is 5.33. The highest BCUT2D eigenvalue weighted by molar-refractivity contribution is 5.96. The van der Waals surface area contributed by atoms with Crippen LogP contribution in [0.1, 0.15) is 55.5 Å². The van der Waals surface area contributed by atoms with E-state index in [0.29, 0.717) is 23.6 Å². The van der Waals surface area contributed by atoms with Gasteiger partial charge in [0, 0.05) is 18.2 Å². The first-order chi connectivity index (χ1) is 16.3. The third-order valence-electron chi connectivity index (χ3n) is 6.15. The Morgan fingerprint density at radius 3 is 2.20 bits per heavy atom. The van der Waals surface area contributed by atoms with Crippen LogP contribution in [0.3, 0.4) is 0 Å². The fraction of sp³-hybridized carbons (Fsp3) is 0.462. The van der Waals surface area contributed by atoms with Crippen molar-refractivity contribution in [3.8, 4) is 16.9 Å². The highest BCUT2D eigenvalue weighted by Gasteiger charge is 2.38. The third kappa shape index (κ3) is 8.90. The largest absolute Gasteiger partial charge is 0.492 e. The average molecular weight is 495 g/mol. The van der Waals surface area contributed by atoms with Crippen LogP contribution >= 0.6 is 0 Å². The van der Waals surface area contributed by atoms with Crippen molar-refractivity contribution in [3.05, 3.63) is 53.6 Å². The maximum absolute atomic E-state index is 11.5. The highest BCUT2D eigenvalue weighted by Crippen LogP contribution is 2.35. The molecule has 1 aliphatic carbocycles. The summed E-state index contributed by atoms with van der Waals surface area (Å²) in [4.78, 5) is 20.4. The number of alkyl halides is 3. The molecule has 4 N–H and O–H groups in total. The molecule has 192 valence electrons. The van der Waals surface area contributed by atoms with E-state index in [9.17, 15) is 18.0 Å². The lowest BCUT2D eigenvalue weighted by atomic mass is 9.75. The van der Waals surface area contributed by atoms with E-state index >= 15 is 0 Å². The molecule has 9 heteroatoms. The number of hydrogen-bond acceptors (Lipinski definition) is 4. The summed E-state index contributed by atoms with van der Waals surface area (Å²) in [5.74, 6) is -2.29. The van der Waals surface area contributed by atoms with Crippen LogP contribution < -0.4 is 15.8 Å². The van der Waals surface area contributed by atoms with E-state index in [-0.39, 0.29) is 0 Å². The van der Waals surface area contributed by atoms with Gasteiger partial charge in [-0.25, -0.2) is 4.79 Å². The third-order valence-corrected chi connectivity index (χ3v) is 6.15. The summed E-state index contributed by atoms with van der Waals surface area (Å²) < 4.78 is 37.6. The molecule has 2 aromatic rings. The van der Waals surface area contributed by atoms with Crippen LogP contribution in [-0.2, 0) is 4.79 Å². The van der Waals surface area contributed by atoms with Gasteiger partial charge in [-0.3, -0.25) is 4.79 Å². The Balaban J connectivity index is 0.000000540. The van der Waals surface area contributed by atoms with Crippen molar-refractivity contribution in [1.29, 1.82) is 0 Å². The van der Waals surface area contributed by atoms with Gasteiger partial charge < -0.3 is 20.9 Å². The first-order valence-electron chi connectivity index (χ1n) is 11.5. The highest BCUT2D eigenvalue weighted by atomic mass is 19.4. The van der Waals surface area contributed by atoms with Gasteiger partial charge in [-0.15, -0.1) is 0 Å². The molecule has 35 heavy (non-hydrogen) atoms. The van der Waals surface area contributed by atoms with E-state index in [1.807, 2.05) is 43.3 Å². The molecule has 0 heterocycles. The Labute approximate surface area is 203 Å². The molecule has 6 nitrogen and oxygen atoms in total. The van der Waals surface area contributed by atoms with E-state index < -0.39 is 18.1 Å². The second kappa shape index (κ2) is 12.1. The second-order valence-electron chi connectivity index (χ2n) is 9.41. The fourth-order valence-corrected chi connectivity index (χ4v) is 3.98. The summed E-state index contributed by atoms with van der Waals surface area (Å²) >= 11 is 0. The van der Waals surface area contributed by atoms with E-state index in [1.54, 1.807) is 6.07 Å². The van der Waals surface area contributed by atoms with Gasteiger partial charge >= 0.3 is 12.1 Å². The van der Waals surface area contributed by atoms with Crippen LogP contribution in [0.15, 0.2) is 42.5 Å². The van der Waals surface area contributed by atoms with E-state index in [0.717, 1.165) is 29.0 Å². The molecule has 0 bridgehead atoms. The van der Waals surface area contributed by atoms with Gasteiger partial charge in [0.05, 0.1) is 0 Å². The topological polar surface area (TPSA) is 102 Å². The zero-order chi connectivity index (χ0) is 26.2. The molecule has 0 saturated heterocycles. The maximum atomic E-state index is 11.5. The number of nitrogens with one attached hydrogen (secondary N) is 1. The minimum absolute atomic E-state index is 0.395. The SMILES string of the molecule is Cc1c(C(N)=O)cccc1-c1ccc(OCCNC2CCC(C)(C)CC2)cc1.O=C(O)C(F)(F)F. The minimum Gasteiger partial charge on any atom is -0.492 e. The van der Waals surface area contributed by atoms with Crippen LogP contribution in [0.5, 0.6) is 5.75 Å². The van der Waals surface area contributed by atoms with Crippen molar-refractivity contribution in [2.75, 3.05) is 13.2 Å². The Kier molecular flexibility index (Phi) is 9.71. The normalized spacial score (nSPS) is 15.6. The van der Waals surface area contributed by atoms with Gasteiger partial charge in [0.1, 0.15) is 12.4 Å². The van der Waals surface area contributed by atoms with Crippen LogP contribution in [-0.4, -0.2) is 42.4 Å².